The van der Waals surface area contributed by atoms with Crippen molar-refractivity contribution < 1.29 is 4.92 Å². The number of nitro groups is 1. The molecule has 1 heterocycles. The first-order valence-corrected chi connectivity index (χ1v) is 5.07. The van der Waals surface area contributed by atoms with E-state index in [2.05, 4.69) is 21.0 Å². The molecule has 1 aromatic heterocycles. The highest BCUT2D eigenvalue weighted by atomic mass is 79.9. The van der Waals surface area contributed by atoms with Crippen molar-refractivity contribution >= 4 is 32.5 Å². The molecule has 0 radical (unpaired) electrons. The monoisotopic (exact) mass is 269 g/mol. The molecule has 0 amide bonds. The normalized spacial score (nSPS) is 10.9. The average Bonchev–Trinajstić information content (AvgIpc) is 2.52. The minimum Gasteiger partial charge on any atom is -0.275 e. The fraction of sp³-hybridized carbons (Fsp3) is 0.222. The van der Waals surface area contributed by atoms with Gasteiger partial charge in [-0.15, -0.1) is 0 Å². The van der Waals surface area contributed by atoms with Crippen LogP contribution in [0.15, 0.2) is 16.7 Å². The molecule has 0 aliphatic rings. The van der Waals surface area contributed by atoms with E-state index in [0.717, 1.165) is 10.9 Å². The summed E-state index contributed by atoms with van der Waals surface area (Å²) in [6.45, 7) is 1.70. The van der Waals surface area contributed by atoms with E-state index >= 15 is 0 Å². The van der Waals surface area contributed by atoms with Crippen LogP contribution in [0.4, 0.5) is 5.69 Å². The molecule has 0 saturated carbocycles. The van der Waals surface area contributed by atoms with Crippen molar-refractivity contribution in [3.63, 3.8) is 0 Å². The lowest BCUT2D eigenvalue weighted by atomic mass is 10.1. The maximum Gasteiger partial charge on any atom is 0.274 e. The molecule has 5 nitrogen and oxygen atoms in total. The third-order valence-electron chi connectivity index (χ3n) is 2.27. The van der Waals surface area contributed by atoms with Gasteiger partial charge in [0.05, 0.1) is 9.40 Å². The lowest BCUT2D eigenvalue weighted by molar-refractivity contribution is -0.385. The second-order valence-electron chi connectivity index (χ2n) is 3.33. The predicted molar refractivity (Wildman–Crippen MR) is 59.8 cm³/mol. The number of hydrogen-bond donors (Lipinski definition) is 0. The van der Waals surface area contributed by atoms with Crippen molar-refractivity contribution in [3.8, 4) is 0 Å². The minimum atomic E-state index is -0.382. The zero-order chi connectivity index (χ0) is 11.2. The molecule has 0 N–H and O–H groups in total. The highest BCUT2D eigenvalue weighted by Gasteiger charge is 2.17. The Morgan fingerprint density at radius 3 is 2.87 bits per heavy atom. The molecule has 2 aromatic rings. The fourth-order valence-corrected chi connectivity index (χ4v) is 2.03. The van der Waals surface area contributed by atoms with Gasteiger partial charge in [-0.3, -0.25) is 14.8 Å². The van der Waals surface area contributed by atoms with Crippen molar-refractivity contribution in [3.05, 3.63) is 32.4 Å². The van der Waals surface area contributed by atoms with Crippen LogP contribution < -0.4 is 0 Å². The Labute approximate surface area is 94.0 Å². The van der Waals surface area contributed by atoms with Crippen LogP contribution in [0.5, 0.6) is 0 Å². The van der Waals surface area contributed by atoms with E-state index in [9.17, 15) is 10.1 Å². The fourth-order valence-electron chi connectivity index (χ4n) is 1.52. The molecule has 1 aromatic carbocycles. The lowest BCUT2D eigenvalue weighted by Gasteiger charge is -2.00. The second kappa shape index (κ2) is 3.30. The van der Waals surface area contributed by atoms with Crippen LogP contribution in [0.2, 0.25) is 0 Å². The summed E-state index contributed by atoms with van der Waals surface area (Å²) in [4.78, 5) is 10.4. The maximum absolute atomic E-state index is 10.8. The van der Waals surface area contributed by atoms with Gasteiger partial charge in [-0.05, 0) is 22.9 Å². The summed E-state index contributed by atoms with van der Waals surface area (Å²) in [5, 5.41) is 15.8. The number of fused-ring (bicyclic) bond motifs is 1. The first kappa shape index (κ1) is 10.1. The molecular formula is C9H8BrN3O2. The number of halogens is 1. The number of hydrogen-bond acceptors (Lipinski definition) is 3. The molecule has 0 unspecified atom stereocenters. The van der Waals surface area contributed by atoms with Gasteiger partial charge in [-0.1, -0.05) is 0 Å². The number of aromatic nitrogens is 2. The molecule has 15 heavy (non-hydrogen) atoms. The second-order valence-corrected chi connectivity index (χ2v) is 4.13. The summed E-state index contributed by atoms with van der Waals surface area (Å²) >= 11 is 3.33. The summed E-state index contributed by atoms with van der Waals surface area (Å²) in [7, 11) is 1.79. The largest absolute Gasteiger partial charge is 0.275 e. The van der Waals surface area contributed by atoms with Crippen molar-refractivity contribution in [2.24, 2.45) is 7.05 Å². The molecule has 0 fully saturated rings. The Hall–Kier alpha value is -1.43. The van der Waals surface area contributed by atoms with Crippen LogP contribution >= 0.6 is 15.9 Å². The summed E-state index contributed by atoms with van der Waals surface area (Å²) < 4.78 is 2.32. The van der Waals surface area contributed by atoms with E-state index in [-0.39, 0.29) is 10.6 Å². The number of aryl methyl sites for hydroxylation is 1. The molecule has 0 bridgehead atoms. The van der Waals surface area contributed by atoms with Crippen molar-refractivity contribution in [1.82, 2.24) is 9.78 Å². The molecule has 0 spiro atoms. The van der Waals surface area contributed by atoms with E-state index in [1.54, 1.807) is 30.9 Å². The molecule has 0 aliphatic heterocycles. The molecule has 2 rings (SSSR count). The Morgan fingerprint density at radius 1 is 1.60 bits per heavy atom. The summed E-state index contributed by atoms with van der Waals surface area (Å²) in [6, 6.07) is 1.54. The van der Waals surface area contributed by atoms with Gasteiger partial charge in [0.15, 0.2) is 0 Å². The van der Waals surface area contributed by atoms with Crippen LogP contribution in [-0.4, -0.2) is 14.7 Å². The Kier molecular flexibility index (Phi) is 2.22. The van der Waals surface area contributed by atoms with Gasteiger partial charge in [0.2, 0.25) is 0 Å². The lowest BCUT2D eigenvalue weighted by Crippen LogP contribution is -1.92. The number of rotatable bonds is 1. The quantitative estimate of drug-likeness (QED) is 0.591. The predicted octanol–water partition coefficient (Wildman–Crippen LogP) is 2.55. The van der Waals surface area contributed by atoms with Gasteiger partial charge >= 0.3 is 0 Å². The topological polar surface area (TPSA) is 61.0 Å². The van der Waals surface area contributed by atoms with Crippen LogP contribution in [0.25, 0.3) is 10.9 Å². The average molecular weight is 270 g/mol. The summed E-state index contributed by atoms with van der Waals surface area (Å²) in [6.07, 6.45) is 1.76. The molecule has 6 heteroatoms. The Bertz CT molecular complexity index is 562. The minimum absolute atomic E-state index is 0.113. The Morgan fingerprint density at radius 2 is 2.27 bits per heavy atom. The zero-order valence-corrected chi connectivity index (χ0v) is 9.78. The highest BCUT2D eigenvalue weighted by molar-refractivity contribution is 9.10. The summed E-state index contributed by atoms with van der Waals surface area (Å²) in [5.41, 5.74) is 1.47. The SMILES string of the molecule is Cc1c([N+](=O)[O-])cc2cn(C)nc2c1Br. The van der Waals surface area contributed by atoms with Crippen molar-refractivity contribution in [2.45, 2.75) is 6.92 Å². The summed E-state index contributed by atoms with van der Waals surface area (Å²) in [5.74, 6) is 0. The molecule has 0 atom stereocenters. The van der Waals surface area contributed by atoms with Gasteiger partial charge < -0.3 is 0 Å². The molecule has 0 saturated heterocycles. The zero-order valence-electron chi connectivity index (χ0n) is 8.19. The van der Waals surface area contributed by atoms with Crippen molar-refractivity contribution in [1.29, 1.82) is 0 Å². The number of benzene rings is 1. The highest BCUT2D eigenvalue weighted by Crippen LogP contribution is 2.33. The third kappa shape index (κ3) is 1.50. The first-order valence-electron chi connectivity index (χ1n) is 4.27. The van der Waals surface area contributed by atoms with E-state index in [4.69, 9.17) is 0 Å². The Balaban J connectivity index is 2.87. The van der Waals surface area contributed by atoms with Crippen LogP contribution in [0.1, 0.15) is 5.56 Å². The van der Waals surface area contributed by atoms with Crippen molar-refractivity contribution in [2.75, 3.05) is 0 Å². The van der Waals surface area contributed by atoms with Gasteiger partial charge in [-0.25, -0.2) is 0 Å². The van der Waals surface area contributed by atoms with Gasteiger partial charge in [0.1, 0.15) is 5.52 Å². The van der Waals surface area contributed by atoms with E-state index in [0.29, 0.717) is 10.0 Å². The first-order chi connectivity index (χ1) is 7.00. The molecule has 0 aliphatic carbocycles. The molecule has 78 valence electrons. The van der Waals surface area contributed by atoms with Gasteiger partial charge in [-0.2, -0.15) is 5.10 Å². The maximum atomic E-state index is 10.8. The standard InChI is InChI=1S/C9H8BrN3O2/c1-5-7(13(14)15)3-6-4-12(2)11-9(6)8(5)10/h3-4H,1-2H3. The molecular weight excluding hydrogens is 262 g/mol. The number of nitro benzene ring substituents is 1. The van der Waals surface area contributed by atoms with Crippen LogP contribution in [0, 0.1) is 17.0 Å². The number of nitrogens with zero attached hydrogens (tertiary/aromatic N) is 3. The van der Waals surface area contributed by atoms with Gasteiger partial charge in [0.25, 0.3) is 5.69 Å². The third-order valence-corrected chi connectivity index (χ3v) is 3.24. The van der Waals surface area contributed by atoms with E-state index in [1.165, 1.54) is 0 Å². The van der Waals surface area contributed by atoms with E-state index < -0.39 is 0 Å². The van der Waals surface area contributed by atoms with Crippen LogP contribution in [0.3, 0.4) is 0 Å². The smallest absolute Gasteiger partial charge is 0.274 e. The van der Waals surface area contributed by atoms with Crippen LogP contribution in [-0.2, 0) is 7.05 Å². The van der Waals surface area contributed by atoms with E-state index in [1.807, 2.05) is 0 Å². The van der Waals surface area contributed by atoms with Gasteiger partial charge in [0, 0.05) is 30.3 Å².